The molecule has 1 aliphatic heterocycles. The normalized spacial score (nSPS) is 18.2. The summed E-state index contributed by atoms with van der Waals surface area (Å²) in [4.78, 5) is 38.1. The maximum absolute atomic E-state index is 12.9. The number of carbonyl (C=O) groups excluding carboxylic acids is 2. The van der Waals surface area contributed by atoms with Crippen molar-refractivity contribution in [1.29, 1.82) is 0 Å². The molecule has 1 heterocycles. The first kappa shape index (κ1) is 23.2. The minimum absolute atomic E-state index is 0.0233. The largest absolute Gasteiger partial charge is 0.481 e. The second-order valence-corrected chi connectivity index (χ2v) is 9.62. The number of hydrogen-bond donors (Lipinski definition) is 2. The molecule has 0 spiro atoms. The third-order valence-electron chi connectivity index (χ3n) is 6.24. The van der Waals surface area contributed by atoms with Crippen molar-refractivity contribution in [2.24, 2.45) is 5.92 Å². The second-order valence-electron chi connectivity index (χ2n) is 8.47. The molecular formula is C25H28N2O5S. The summed E-state index contributed by atoms with van der Waals surface area (Å²) in [7, 11) is 0. The van der Waals surface area contributed by atoms with E-state index in [9.17, 15) is 14.4 Å². The van der Waals surface area contributed by atoms with Gasteiger partial charge in [0.05, 0.1) is 18.4 Å². The average Bonchev–Trinajstić information content (AvgIpc) is 3.14. The molecule has 8 heteroatoms. The van der Waals surface area contributed by atoms with Gasteiger partial charge in [0.1, 0.15) is 6.61 Å². The van der Waals surface area contributed by atoms with Gasteiger partial charge in [0.25, 0.3) is 0 Å². The number of thioether (sulfide) groups is 1. The van der Waals surface area contributed by atoms with Crippen LogP contribution in [0.3, 0.4) is 0 Å². The molecule has 2 amide bonds. The molecule has 2 aromatic carbocycles. The number of rotatable bonds is 7. The Morgan fingerprint density at radius 3 is 2.39 bits per heavy atom. The molecule has 0 radical (unpaired) electrons. The van der Waals surface area contributed by atoms with E-state index >= 15 is 0 Å². The Hall–Kier alpha value is -3.00. The lowest BCUT2D eigenvalue weighted by Gasteiger charge is -2.36. The summed E-state index contributed by atoms with van der Waals surface area (Å²) in [6.07, 6.45) is -0.626. The number of carbonyl (C=O) groups is 3. The van der Waals surface area contributed by atoms with Crippen LogP contribution >= 0.6 is 11.8 Å². The molecule has 174 valence electrons. The number of aliphatic carboxylic acids is 1. The van der Waals surface area contributed by atoms with Crippen molar-refractivity contribution in [2.45, 2.75) is 25.3 Å². The minimum Gasteiger partial charge on any atom is -0.481 e. The van der Waals surface area contributed by atoms with Crippen molar-refractivity contribution in [3.8, 4) is 11.1 Å². The average molecular weight is 469 g/mol. The number of benzene rings is 2. The fourth-order valence-electron chi connectivity index (χ4n) is 4.57. The van der Waals surface area contributed by atoms with Gasteiger partial charge in [-0.3, -0.25) is 9.59 Å². The SMILES string of the molecule is CC(CNC(=O)OCC1c2ccccc2-c2ccccc21)C(=O)N1CCSCC1CC(=O)O. The first-order chi connectivity index (χ1) is 16.0. The minimum atomic E-state index is -0.912. The maximum Gasteiger partial charge on any atom is 0.407 e. The molecule has 1 saturated heterocycles. The number of hydrogen-bond acceptors (Lipinski definition) is 5. The van der Waals surface area contributed by atoms with Crippen molar-refractivity contribution in [3.05, 3.63) is 59.7 Å². The van der Waals surface area contributed by atoms with Gasteiger partial charge in [-0.25, -0.2) is 4.79 Å². The molecule has 2 unspecified atom stereocenters. The van der Waals surface area contributed by atoms with E-state index in [4.69, 9.17) is 9.84 Å². The highest BCUT2D eigenvalue weighted by Gasteiger charge is 2.32. The van der Waals surface area contributed by atoms with E-state index in [1.54, 1.807) is 23.6 Å². The van der Waals surface area contributed by atoms with Gasteiger partial charge in [0.15, 0.2) is 0 Å². The number of fused-ring (bicyclic) bond motifs is 3. The van der Waals surface area contributed by atoms with E-state index < -0.39 is 18.0 Å². The van der Waals surface area contributed by atoms with Crippen LogP contribution in [0.25, 0.3) is 11.1 Å². The summed E-state index contributed by atoms with van der Waals surface area (Å²) < 4.78 is 5.53. The topological polar surface area (TPSA) is 95.9 Å². The number of alkyl carbamates (subject to hydrolysis) is 1. The Labute approximate surface area is 197 Å². The smallest absolute Gasteiger partial charge is 0.407 e. The Balaban J connectivity index is 1.31. The Morgan fingerprint density at radius 1 is 1.12 bits per heavy atom. The third kappa shape index (κ3) is 5.16. The molecule has 0 aromatic heterocycles. The maximum atomic E-state index is 12.9. The molecule has 1 aliphatic carbocycles. The van der Waals surface area contributed by atoms with Crippen LogP contribution in [0.4, 0.5) is 4.79 Å². The van der Waals surface area contributed by atoms with Gasteiger partial charge < -0.3 is 20.1 Å². The quantitative estimate of drug-likeness (QED) is 0.645. The van der Waals surface area contributed by atoms with Gasteiger partial charge in [0, 0.05) is 30.5 Å². The summed E-state index contributed by atoms with van der Waals surface area (Å²) in [6, 6.07) is 16.0. The van der Waals surface area contributed by atoms with Crippen LogP contribution in [-0.2, 0) is 14.3 Å². The summed E-state index contributed by atoms with van der Waals surface area (Å²) >= 11 is 1.66. The van der Waals surface area contributed by atoms with Crippen LogP contribution in [0, 0.1) is 5.92 Å². The number of amides is 2. The van der Waals surface area contributed by atoms with E-state index in [0.29, 0.717) is 12.3 Å². The van der Waals surface area contributed by atoms with Crippen molar-refractivity contribution in [2.75, 3.05) is 31.2 Å². The fourth-order valence-corrected chi connectivity index (χ4v) is 5.63. The predicted molar refractivity (Wildman–Crippen MR) is 127 cm³/mol. The van der Waals surface area contributed by atoms with Crippen LogP contribution in [0.15, 0.2) is 48.5 Å². The van der Waals surface area contributed by atoms with E-state index in [-0.39, 0.29) is 37.4 Å². The standard InChI is InChI=1S/C25H28N2O5S/c1-16(24(30)27-10-11-33-15-17(27)12-23(28)29)13-26-25(31)32-14-22-20-8-4-2-6-18(20)19-7-3-5-9-21(19)22/h2-9,16-17,22H,10-15H2,1H3,(H,26,31)(H,28,29). The van der Waals surface area contributed by atoms with E-state index in [2.05, 4.69) is 29.6 Å². The lowest BCUT2D eigenvalue weighted by atomic mass is 9.98. The third-order valence-corrected chi connectivity index (χ3v) is 7.33. The molecule has 2 N–H and O–H groups in total. The number of carboxylic acids is 1. The lowest BCUT2D eigenvalue weighted by Crippen LogP contribution is -2.50. The van der Waals surface area contributed by atoms with Crippen molar-refractivity contribution in [1.82, 2.24) is 10.2 Å². The first-order valence-electron chi connectivity index (χ1n) is 11.1. The number of ether oxygens (including phenoxy) is 1. The zero-order valence-electron chi connectivity index (χ0n) is 18.5. The van der Waals surface area contributed by atoms with E-state index in [0.717, 1.165) is 28.0 Å². The molecule has 1 fully saturated rings. The summed E-state index contributed by atoms with van der Waals surface area (Å²) in [5.41, 5.74) is 4.61. The molecule has 7 nitrogen and oxygen atoms in total. The van der Waals surface area contributed by atoms with Gasteiger partial charge in [-0.2, -0.15) is 11.8 Å². The molecule has 2 aromatic rings. The summed E-state index contributed by atoms with van der Waals surface area (Å²) in [6.45, 7) is 2.62. The van der Waals surface area contributed by atoms with Crippen molar-refractivity contribution in [3.63, 3.8) is 0 Å². The van der Waals surface area contributed by atoms with Crippen molar-refractivity contribution < 1.29 is 24.2 Å². The number of nitrogens with one attached hydrogen (secondary N) is 1. The Kier molecular flexibility index (Phi) is 7.23. The van der Waals surface area contributed by atoms with E-state index in [1.807, 2.05) is 24.3 Å². The van der Waals surface area contributed by atoms with Crippen LogP contribution in [0.2, 0.25) is 0 Å². The highest BCUT2D eigenvalue weighted by molar-refractivity contribution is 7.99. The van der Waals surface area contributed by atoms with Crippen LogP contribution < -0.4 is 5.32 Å². The molecule has 2 atom stereocenters. The van der Waals surface area contributed by atoms with Gasteiger partial charge in [-0.05, 0) is 22.3 Å². The zero-order chi connectivity index (χ0) is 23.4. The highest BCUT2D eigenvalue weighted by Crippen LogP contribution is 2.44. The fraction of sp³-hybridized carbons (Fsp3) is 0.400. The van der Waals surface area contributed by atoms with Gasteiger partial charge in [-0.1, -0.05) is 55.5 Å². The Morgan fingerprint density at radius 2 is 1.76 bits per heavy atom. The monoisotopic (exact) mass is 468 g/mol. The molecule has 4 rings (SSSR count). The number of nitrogens with zero attached hydrogens (tertiary/aromatic N) is 1. The summed E-state index contributed by atoms with van der Waals surface area (Å²) in [5.74, 6) is -0.140. The van der Waals surface area contributed by atoms with Gasteiger partial charge in [-0.15, -0.1) is 0 Å². The molecule has 33 heavy (non-hydrogen) atoms. The first-order valence-corrected chi connectivity index (χ1v) is 12.3. The molecule has 0 saturated carbocycles. The summed E-state index contributed by atoms with van der Waals surface area (Å²) in [5, 5.41) is 11.8. The molecule has 0 bridgehead atoms. The van der Waals surface area contributed by atoms with Gasteiger partial charge >= 0.3 is 12.1 Å². The lowest BCUT2D eigenvalue weighted by molar-refractivity contribution is -0.141. The predicted octanol–water partition coefficient (Wildman–Crippen LogP) is 3.58. The van der Waals surface area contributed by atoms with Crippen LogP contribution in [-0.4, -0.2) is 65.2 Å². The highest BCUT2D eigenvalue weighted by atomic mass is 32.2. The van der Waals surface area contributed by atoms with Gasteiger partial charge in [0.2, 0.25) is 5.91 Å². The van der Waals surface area contributed by atoms with Crippen LogP contribution in [0.5, 0.6) is 0 Å². The zero-order valence-corrected chi connectivity index (χ0v) is 19.3. The molecular weight excluding hydrogens is 440 g/mol. The molecule has 2 aliphatic rings. The number of carboxylic acid groups (broad SMARTS) is 1. The van der Waals surface area contributed by atoms with Crippen molar-refractivity contribution >= 4 is 29.7 Å². The van der Waals surface area contributed by atoms with E-state index in [1.165, 1.54) is 0 Å². The Bertz CT molecular complexity index is 997. The second kappa shape index (κ2) is 10.3. The van der Waals surface area contributed by atoms with Crippen LogP contribution in [0.1, 0.15) is 30.4 Å².